The molecule has 1 amide bonds. The molecule has 0 aliphatic heterocycles. The highest BCUT2D eigenvalue weighted by Crippen LogP contribution is 2.28. The highest BCUT2D eigenvalue weighted by atomic mass is 35.5. The lowest BCUT2D eigenvalue weighted by Crippen LogP contribution is -2.23. The Morgan fingerprint density at radius 2 is 1.61 bits per heavy atom. The SMILES string of the molecule is CCCNC(=O)c1ccc(OCCCCCOc2ccc(C(=N)N)cc2)c(OC)c1.Cl. The first-order chi connectivity index (χ1) is 14.5. The van der Waals surface area contributed by atoms with Crippen molar-refractivity contribution in [1.82, 2.24) is 5.32 Å². The topological polar surface area (TPSA) is 107 Å². The fourth-order valence-corrected chi connectivity index (χ4v) is 2.75. The number of carbonyl (C=O) groups excluding carboxylic acids is 1. The predicted octanol–water partition coefficient (Wildman–Crippen LogP) is 4.17. The van der Waals surface area contributed by atoms with E-state index < -0.39 is 0 Å². The van der Waals surface area contributed by atoms with Gasteiger partial charge in [0.15, 0.2) is 11.5 Å². The number of ether oxygens (including phenoxy) is 3. The number of hydrogen-bond acceptors (Lipinski definition) is 5. The number of hydrogen-bond donors (Lipinski definition) is 3. The first-order valence-electron chi connectivity index (χ1n) is 10.2. The summed E-state index contributed by atoms with van der Waals surface area (Å²) < 4.78 is 16.9. The lowest BCUT2D eigenvalue weighted by atomic mass is 10.2. The Balaban J connectivity index is 0.00000480. The van der Waals surface area contributed by atoms with Gasteiger partial charge in [0.05, 0.1) is 20.3 Å². The van der Waals surface area contributed by atoms with E-state index in [1.54, 1.807) is 37.4 Å². The third-order valence-electron chi connectivity index (χ3n) is 4.44. The van der Waals surface area contributed by atoms with Gasteiger partial charge in [0, 0.05) is 17.7 Å². The molecule has 0 aliphatic rings. The predicted molar refractivity (Wildman–Crippen MR) is 125 cm³/mol. The van der Waals surface area contributed by atoms with Crippen molar-refractivity contribution >= 4 is 24.1 Å². The van der Waals surface area contributed by atoms with Crippen LogP contribution < -0.4 is 25.3 Å². The van der Waals surface area contributed by atoms with Crippen molar-refractivity contribution in [2.45, 2.75) is 32.6 Å². The molecule has 0 saturated heterocycles. The zero-order valence-electron chi connectivity index (χ0n) is 18.1. The molecule has 0 radical (unpaired) electrons. The van der Waals surface area contributed by atoms with Gasteiger partial charge in [-0.2, -0.15) is 0 Å². The lowest BCUT2D eigenvalue weighted by Gasteiger charge is -2.12. The lowest BCUT2D eigenvalue weighted by molar-refractivity contribution is 0.0953. The van der Waals surface area contributed by atoms with Crippen molar-refractivity contribution in [3.8, 4) is 17.2 Å². The minimum atomic E-state index is -0.113. The molecule has 0 unspecified atom stereocenters. The molecule has 170 valence electrons. The summed E-state index contributed by atoms with van der Waals surface area (Å²) in [5, 5.41) is 10.2. The Labute approximate surface area is 190 Å². The van der Waals surface area contributed by atoms with Gasteiger partial charge in [-0.05, 0) is 68.1 Å². The summed E-state index contributed by atoms with van der Waals surface area (Å²) in [6.07, 6.45) is 3.65. The molecule has 7 nitrogen and oxygen atoms in total. The molecule has 2 aromatic carbocycles. The summed E-state index contributed by atoms with van der Waals surface area (Å²) in [5.41, 5.74) is 6.68. The van der Waals surface area contributed by atoms with Gasteiger partial charge in [0.2, 0.25) is 0 Å². The zero-order chi connectivity index (χ0) is 21.8. The number of rotatable bonds is 13. The molecule has 0 fully saturated rings. The van der Waals surface area contributed by atoms with E-state index in [2.05, 4.69) is 5.32 Å². The van der Waals surface area contributed by atoms with Gasteiger partial charge < -0.3 is 25.3 Å². The molecule has 0 saturated carbocycles. The van der Waals surface area contributed by atoms with Crippen LogP contribution in [0, 0.1) is 5.41 Å². The maximum Gasteiger partial charge on any atom is 0.251 e. The maximum absolute atomic E-state index is 12.1. The Morgan fingerprint density at radius 1 is 0.968 bits per heavy atom. The summed E-state index contributed by atoms with van der Waals surface area (Å²) in [4.78, 5) is 12.1. The first kappa shape index (κ1) is 26.1. The molecule has 0 aromatic heterocycles. The van der Waals surface area contributed by atoms with Crippen LogP contribution in [0.3, 0.4) is 0 Å². The van der Waals surface area contributed by atoms with Gasteiger partial charge >= 0.3 is 0 Å². The van der Waals surface area contributed by atoms with Crippen LogP contribution in [0.2, 0.25) is 0 Å². The maximum atomic E-state index is 12.1. The monoisotopic (exact) mass is 449 g/mol. The summed E-state index contributed by atoms with van der Waals surface area (Å²) in [5.74, 6) is 1.89. The second-order valence-electron chi connectivity index (χ2n) is 6.82. The second kappa shape index (κ2) is 14.1. The van der Waals surface area contributed by atoms with E-state index in [-0.39, 0.29) is 24.1 Å². The van der Waals surface area contributed by atoms with Crippen LogP contribution in [0.1, 0.15) is 48.5 Å². The average molecular weight is 450 g/mol. The molecule has 2 rings (SSSR count). The highest BCUT2D eigenvalue weighted by molar-refractivity contribution is 5.95. The van der Waals surface area contributed by atoms with Crippen LogP contribution in [0.25, 0.3) is 0 Å². The Kier molecular flexibility index (Phi) is 11.9. The Bertz CT molecular complexity index is 828. The molecule has 0 aliphatic carbocycles. The van der Waals surface area contributed by atoms with Crippen molar-refractivity contribution in [3.63, 3.8) is 0 Å². The van der Waals surface area contributed by atoms with Crippen LogP contribution in [-0.2, 0) is 0 Å². The van der Waals surface area contributed by atoms with Gasteiger partial charge in [-0.3, -0.25) is 10.2 Å². The minimum absolute atomic E-state index is 0. The molecule has 31 heavy (non-hydrogen) atoms. The molecular formula is C23H32ClN3O4. The highest BCUT2D eigenvalue weighted by Gasteiger charge is 2.10. The largest absolute Gasteiger partial charge is 0.494 e. The molecule has 0 spiro atoms. The van der Waals surface area contributed by atoms with Crippen molar-refractivity contribution in [1.29, 1.82) is 5.41 Å². The fraction of sp³-hybridized carbons (Fsp3) is 0.391. The Morgan fingerprint density at radius 3 is 2.23 bits per heavy atom. The number of nitrogens with one attached hydrogen (secondary N) is 2. The standard InChI is InChI=1S/C23H31N3O4.ClH/c1-3-13-26-23(27)18-9-12-20(21(16-18)28-2)30-15-6-4-5-14-29-19-10-7-17(8-11-19)22(24)25;/h7-12,16H,3-6,13-15H2,1-2H3,(H3,24,25)(H,26,27);1H. The number of nitrogens with two attached hydrogens (primary N) is 1. The van der Waals surface area contributed by atoms with Crippen LogP contribution >= 0.6 is 12.4 Å². The van der Waals surface area contributed by atoms with Gasteiger partial charge in [-0.1, -0.05) is 6.92 Å². The number of amides is 1. The second-order valence-corrected chi connectivity index (χ2v) is 6.82. The number of carbonyl (C=O) groups is 1. The van der Waals surface area contributed by atoms with E-state index in [0.717, 1.165) is 31.4 Å². The smallest absolute Gasteiger partial charge is 0.251 e. The molecule has 8 heteroatoms. The van der Waals surface area contributed by atoms with Crippen LogP contribution in [-0.4, -0.2) is 38.6 Å². The third kappa shape index (κ3) is 8.76. The van der Waals surface area contributed by atoms with Crippen LogP contribution in [0.15, 0.2) is 42.5 Å². The van der Waals surface area contributed by atoms with Crippen molar-refractivity contribution < 1.29 is 19.0 Å². The van der Waals surface area contributed by atoms with Gasteiger partial charge in [0.1, 0.15) is 11.6 Å². The minimum Gasteiger partial charge on any atom is -0.494 e. The van der Waals surface area contributed by atoms with E-state index in [1.807, 2.05) is 19.1 Å². The number of unbranched alkanes of at least 4 members (excludes halogenated alkanes) is 2. The van der Waals surface area contributed by atoms with Crippen molar-refractivity contribution in [2.24, 2.45) is 5.73 Å². The molecule has 4 N–H and O–H groups in total. The van der Waals surface area contributed by atoms with E-state index in [0.29, 0.717) is 42.4 Å². The molecule has 0 heterocycles. The average Bonchev–Trinajstić information content (AvgIpc) is 2.77. The van der Waals surface area contributed by atoms with Gasteiger partial charge in [-0.15, -0.1) is 12.4 Å². The number of methoxy groups -OCH3 is 1. The number of nitrogen functional groups attached to an aromatic ring is 1. The molecule has 2 aromatic rings. The third-order valence-corrected chi connectivity index (χ3v) is 4.44. The van der Waals surface area contributed by atoms with Gasteiger partial charge in [-0.25, -0.2) is 0 Å². The van der Waals surface area contributed by atoms with E-state index in [1.165, 1.54) is 0 Å². The first-order valence-corrected chi connectivity index (χ1v) is 10.2. The quantitative estimate of drug-likeness (QED) is 0.242. The van der Waals surface area contributed by atoms with Crippen LogP contribution in [0.5, 0.6) is 17.2 Å². The summed E-state index contributed by atoms with van der Waals surface area (Å²) in [7, 11) is 1.57. The number of halogens is 1. The summed E-state index contributed by atoms with van der Waals surface area (Å²) >= 11 is 0. The zero-order valence-corrected chi connectivity index (χ0v) is 18.9. The number of benzene rings is 2. The molecule has 0 bridgehead atoms. The summed E-state index contributed by atoms with van der Waals surface area (Å²) in [6.45, 7) is 3.83. The fourth-order valence-electron chi connectivity index (χ4n) is 2.75. The Hall–Kier alpha value is -2.93. The van der Waals surface area contributed by atoms with Gasteiger partial charge in [0.25, 0.3) is 5.91 Å². The number of amidine groups is 1. The normalized spacial score (nSPS) is 10.0. The van der Waals surface area contributed by atoms with E-state index >= 15 is 0 Å². The van der Waals surface area contributed by atoms with E-state index in [4.69, 9.17) is 25.4 Å². The molecular weight excluding hydrogens is 418 g/mol. The van der Waals surface area contributed by atoms with Crippen LogP contribution in [0.4, 0.5) is 0 Å². The molecule has 0 atom stereocenters. The van der Waals surface area contributed by atoms with E-state index in [9.17, 15) is 4.79 Å². The summed E-state index contributed by atoms with van der Waals surface area (Å²) in [6, 6.07) is 12.4. The van der Waals surface area contributed by atoms with Crippen molar-refractivity contribution in [3.05, 3.63) is 53.6 Å². The van der Waals surface area contributed by atoms with Crippen molar-refractivity contribution in [2.75, 3.05) is 26.9 Å².